The lowest BCUT2D eigenvalue weighted by atomic mass is 10.1. The topological polar surface area (TPSA) is 109 Å². The Morgan fingerprint density at radius 3 is 2.46 bits per heavy atom. The van der Waals surface area contributed by atoms with Gasteiger partial charge in [-0.2, -0.15) is 13.2 Å². The molecule has 216 valence electrons. The van der Waals surface area contributed by atoms with Crippen molar-refractivity contribution >= 4 is 34.8 Å². The first-order valence-corrected chi connectivity index (χ1v) is 13.1. The molecule has 1 fully saturated rings. The number of nitrogens with one attached hydrogen (secondary N) is 2. The maximum absolute atomic E-state index is 13.9. The van der Waals surface area contributed by atoms with Crippen molar-refractivity contribution < 1.29 is 32.2 Å². The number of halogens is 3. The van der Waals surface area contributed by atoms with E-state index in [1.807, 2.05) is 0 Å². The molecule has 3 heterocycles. The molecule has 0 saturated carbocycles. The second-order valence-electron chi connectivity index (χ2n) is 9.94. The van der Waals surface area contributed by atoms with Crippen molar-refractivity contribution in [2.75, 3.05) is 53.3 Å². The number of alkyl halides is 3. The first-order valence-electron chi connectivity index (χ1n) is 13.1. The van der Waals surface area contributed by atoms with E-state index in [1.54, 1.807) is 36.9 Å². The lowest BCUT2D eigenvalue weighted by molar-refractivity contribution is -0.137. The van der Waals surface area contributed by atoms with Crippen LogP contribution in [0.5, 0.6) is 11.6 Å². The number of hydrogen-bond donors (Lipinski definition) is 2. The summed E-state index contributed by atoms with van der Waals surface area (Å²) in [6.45, 7) is 5.31. The van der Waals surface area contributed by atoms with Gasteiger partial charge in [0.05, 0.1) is 18.8 Å². The smallest absolute Gasteiger partial charge is 0.418 e. The maximum Gasteiger partial charge on any atom is 0.418 e. The van der Waals surface area contributed by atoms with Gasteiger partial charge in [-0.05, 0) is 48.4 Å². The maximum atomic E-state index is 13.9. The van der Waals surface area contributed by atoms with Crippen LogP contribution in [0.4, 0.5) is 40.8 Å². The first kappa shape index (κ1) is 28.1. The summed E-state index contributed by atoms with van der Waals surface area (Å²) in [6.07, 6.45) is -2.78. The molecule has 2 aromatic carbocycles. The number of carbonyl (C=O) groups is 2. The predicted octanol–water partition coefficient (Wildman–Crippen LogP) is 5.31. The molecule has 0 atom stereocenters. The second kappa shape index (κ2) is 11.6. The van der Waals surface area contributed by atoms with Crippen molar-refractivity contribution in [1.29, 1.82) is 0 Å². The predicted molar refractivity (Wildman–Crippen MR) is 147 cm³/mol. The summed E-state index contributed by atoms with van der Waals surface area (Å²) in [5, 5.41) is 5.30. The normalized spacial score (nSPS) is 15.1. The largest absolute Gasteiger partial charge is 0.439 e. The highest BCUT2D eigenvalue weighted by Crippen LogP contribution is 2.39. The van der Waals surface area contributed by atoms with Crippen LogP contribution in [-0.4, -0.2) is 54.8 Å². The number of nitrogens with zero attached hydrogens (tertiary/aromatic N) is 4. The number of benzene rings is 2. The van der Waals surface area contributed by atoms with E-state index in [4.69, 9.17) is 9.47 Å². The molecular weight excluding hydrogens is 541 g/mol. The van der Waals surface area contributed by atoms with Crippen molar-refractivity contribution in [2.45, 2.75) is 26.4 Å². The number of ether oxygens (including phenoxy) is 2. The molecule has 0 radical (unpaired) electrons. The highest BCUT2D eigenvalue weighted by Gasteiger charge is 2.36. The summed E-state index contributed by atoms with van der Waals surface area (Å²) in [5.74, 6) is 0.608. The van der Waals surface area contributed by atoms with Gasteiger partial charge in [0, 0.05) is 48.7 Å². The van der Waals surface area contributed by atoms with Gasteiger partial charge < -0.3 is 25.0 Å². The zero-order valence-corrected chi connectivity index (χ0v) is 22.5. The third kappa shape index (κ3) is 6.51. The molecule has 3 aromatic rings. The highest BCUT2D eigenvalue weighted by atomic mass is 19.4. The van der Waals surface area contributed by atoms with E-state index in [2.05, 4.69) is 20.6 Å². The Kier molecular flexibility index (Phi) is 7.97. The Bertz CT molecular complexity index is 1440. The second-order valence-corrected chi connectivity index (χ2v) is 9.94. The minimum Gasteiger partial charge on any atom is -0.439 e. The fourth-order valence-corrected chi connectivity index (χ4v) is 4.62. The van der Waals surface area contributed by atoms with E-state index in [-0.39, 0.29) is 29.1 Å². The van der Waals surface area contributed by atoms with Gasteiger partial charge in [-0.25, -0.2) is 14.8 Å². The van der Waals surface area contributed by atoms with Gasteiger partial charge in [-0.3, -0.25) is 9.69 Å². The van der Waals surface area contributed by atoms with Crippen molar-refractivity contribution in [1.82, 2.24) is 9.97 Å². The van der Waals surface area contributed by atoms with Crippen LogP contribution < -0.4 is 25.2 Å². The molecule has 2 aliphatic heterocycles. The van der Waals surface area contributed by atoms with Gasteiger partial charge in [-0.1, -0.05) is 13.8 Å². The molecule has 1 saturated heterocycles. The molecule has 0 spiro atoms. The monoisotopic (exact) mass is 570 g/mol. The van der Waals surface area contributed by atoms with Crippen LogP contribution in [0, 0.1) is 5.92 Å². The van der Waals surface area contributed by atoms with Crippen LogP contribution in [-0.2, 0) is 22.1 Å². The summed E-state index contributed by atoms with van der Waals surface area (Å²) in [6, 6.07) is 9.95. The summed E-state index contributed by atoms with van der Waals surface area (Å²) >= 11 is 0. The summed E-state index contributed by atoms with van der Waals surface area (Å²) in [7, 11) is 0. The van der Waals surface area contributed by atoms with Gasteiger partial charge in [0.25, 0.3) is 0 Å². The lowest BCUT2D eigenvalue weighted by Crippen LogP contribution is -2.37. The molecule has 1 aromatic heterocycles. The number of urea groups is 1. The van der Waals surface area contributed by atoms with Crippen LogP contribution >= 0.6 is 0 Å². The van der Waals surface area contributed by atoms with Gasteiger partial charge in [-0.15, -0.1) is 0 Å². The number of rotatable bonds is 6. The molecule has 2 N–H and O–H groups in total. The van der Waals surface area contributed by atoms with Crippen molar-refractivity contribution in [3.8, 4) is 11.6 Å². The van der Waals surface area contributed by atoms with Crippen molar-refractivity contribution in [3.63, 3.8) is 0 Å². The Morgan fingerprint density at radius 1 is 0.976 bits per heavy atom. The molecule has 0 unspecified atom stereocenters. The standard InChI is InChI=1S/C28H29F3N6O4/c1-17(2)26(38)35-24-15-25(33-16-32-24)41-20-4-6-22-18(13-20)7-8-37(22)27(39)34-19-3-5-23(21(14-19)28(29,30)31)36-9-11-40-12-10-36/h3-6,13-17H,7-12H2,1-2H3,(H,34,39)(H,32,33,35,38). The average molecular weight is 571 g/mol. The molecule has 2 aliphatic rings. The summed E-state index contributed by atoms with van der Waals surface area (Å²) in [5.41, 5.74) is 0.771. The van der Waals surface area contributed by atoms with Crippen LogP contribution in [0.1, 0.15) is 25.0 Å². The van der Waals surface area contributed by atoms with Crippen LogP contribution in [0.2, 0.25) is 0 Å². The molecule has 0 bridgehead atoms. The summed E-state index contributed by atoms with van der Waals surface area (Å²) < 4.78 is 52.8. The number of carbonyl (C=O) groups excluding carboxylic acids is 2. The molecule has 41 heavy (non-hydrogen) atoms. The lowest BCUT2D eigenvalue weighted by Gasteiger charge is -2.31. The number of amides is 3. The van der Waals surface area contributed by atoms with E-state index in [1.165, 1.54) is 29.4 Å². The van der Waals surface area contributed by atoms with E-state index >= 15 is 0 Å². The van der Waals surface area contributed by atoms with Crippen LogP contribution in [0.3, 0.4) is 0 Å². The fraction of sp³-hybridized carbons (Fsp3) is 0.357. The SMILES string of the molecule is CC(C)C(=O)Nc1cc(Oc2ccc3c(c2)CCN3C(=O)Nc2ccc(N3CCOCC3)c(C(F)(F)F)c2)ncn1. The molecule has 13 heteroatoms. The number of fused-ring (bicyclic) bond motifs is 1. The number of hydrogen-bond acceptors (Lipinski definition) is 7. The van der Waals surface area contributed by atoms with Crippen LogP contribution in [0.15, 0.2) is 48.8 Å². The van der Waals surface area contributed by atoms with E-state index < -0.39 is 17.8 Å². The van der Waals surface area contributed by atoms with Gasteiger partial charge in [0.15, 0.2) is 0 Å². The van der Waals surface area contributed by atoms with Crippen molar-refractivity contribution in [2.24, 2.45) is 5.92 Å². The Labute approximate surface area is 234 Å². The number of aromatic nitrogens is 2. The van der Waals surface area contributed by atoms with Gasteiger partial charge in [0.2, 0.25) is 11.8 Å². The molecular formula is C28H29F3N6O4. The number of morpholine rings is 1. The zero-order valence-electron chi connectivity index (χ0n) is 22.5. The zero-order chi connectivity index (χ0) is 29.1. The minimum absolute atomic E-state index is 0.0526. The number of anilines is 4. The minimum atomic E-state index is -4.59. The molecule has 10 nitrogen and oxygen atoms in total. The summed E-state index contributed by atoms with van der Waals surface area (Å²) in [4.78, 5) is 36.3. The fourth-order valence-electron chi connectivity index (χ4n) is 4.62. The third-order valence-electron chi connectivity index (χ3n) is 6.74. The van der Waals surface area contributed by atoms with E-state index in [0.717, 1.165) is 11.6 Å². The Hall–Kier alpha value is -4.39. The Balaban J connectivity index is 1.28. The molecule has 3 amide bonds. The highest BCUT2D eigenvalue weighted by molar-refractivity contribution is 6.03. The average Bonchev–Trinajstić information content (AvgIpc) is 3.37. The third-order valence-corrected chi connectivity index (χ3v) is 6.74. The molecule has 5 rings (SSSR count). The van der Waals surface area contributed by atoms with E-state index in [0.29, 0.717) is 56.5 Å². The van der Waals surface area contributed by atoms with E-state index in [9.17, 15) is 22.8 Å². The van der Waals surface area contributed by atoms with Crippen molar-refractivity contribution in [3.05, 3.63) is 59.9 Å². The first-order chi connectivity index (χ1) is 19.6. The quantitative estimate of drug-likeness (QED) is 0.413. The van der Waals surface area contributed by atoms with Crippen LogP contribution in [0.25, 0.3) is 0 Å². The van der Waals surface area contributed by atoms with Gasteiger partial charge in [0.1, 0.15) is 17.9 Å². The van der Waals surface area contributed by atoms with Gasteiger partial charge >= 0.3 is 12.2 Å². The molecule has 0 aliphatic carbocycles. The Morgan fingerprint density at radius 2 is 1.73 bits per heavy atom.